The van der Waals surface area contributed by atoms with E-state index in [0.29, 0.717) is 11.1 Å². The van der Waals surface area contributed by atoms with Crippen molar-refractivity contribution in [1.29, 1.82) is 0 Å². The first kappa shape index (κ1) is 30.6. The fraction of sp³-hybridized carbons (Fsp3) is 0.267. The molecule has 0 aliphatic rings. The summed E-state index contributed by atoms with van der Waals surface area (Å²) in [5.74, 6) is -3.22. The number of hydrogen-bond donors (Lipinski definition) is 7. The van der Waals surface area contributed by atoms with Crippen molar-refractivity contribution in [2.45, 2.75) is 50.4 Å². The van der Waals surface area contributed by atoms with E-state index in [1.165, 1.54) is 31.2 Å². The molecule has 0 aliphatic carbocycles. The van der Waals surface area contributed by atoms with Crippen LogP contribution in [0.2, 0.25) is 0 Å². The number of phenols is 2. The molecule has 8 N–H and O–H groups in total. The van der Waals surface area contributed by atoms with Crippen molar-refractivity contribution in [3.63, 3.8) is 0 Å². The van der Waals surface area contributed by atoms with E-state index >= 15 is 0 Å². The first-order valence-corrected chi connectivity index (χ1v) is 13.0. The molecule has 4 unspecified atom stereocenters. The Morgan fingerprint density at radius 1 is 0.634 bits per heavy atom. The lowest BCUT2D eigenvalue weighted by Gasteiger charge is -2.25. The van der Waals surface area contributed by atoms with Gasteiger partial charge in [0.05, 0.1) is 6.04 Å². The van der Waals surface area contributed by atoms with E-state index in [2.05, 4.69) is 16.0 Å². The number of carbonyl (C=O) groups excluding carboxylic acids is 3. The Bertz CT molecular complexity index is 1330. The van der Waals surface area contributed by atoms with E-state index in [9.17, 15) is 34.5 Å². The molecule has 216 valence electrons. The monoisotopic (exact) mass is 562 g/mol. The number of carboxylic acid groups (broad SMARTS) is 1. The lowest BCUT2D eigenvalue weighted by atomic mass is 10.0. The largest absolute Gasteiger partial charge is 0.508 e. The van der Waals surface area contributed by atoms with Crippen molar-refractivity contribution in [3.8, 4) is 11.5 Å². The number of aromatic hydroxyl groups is 2. The van der Waals surface area contributed by atoms with Gasteiger partial charge in [-0.1, -0.05) is 54.6 Å². The minimum absolute atomic E-state index is 0.0156. The third-order valence-electron chi connectivity index (χ3n) is 6.38. The summed E-state index contributed by atoms with van der Waals surface area (Å²) in [7, 11) is 0. The number of benzene rings is 3. The van der Waals surface area contributed by atoms with Crippen LogP contribution in [0, 0.1) is 0 Å². The van der Waals surface area contributed by atoms with Crippen LogP contribution in [0.5, 0.6) is 11.5 Å². The first-order chi connectivity index (χ1) is 19.5. The van der Waals surface area contributed by atoms with Gasteiger partial charge in [0.1, 0.15) is 29.6 Å². The smallest absolute Gasteiger partial charge is 0.325 e. The summed E-state index contributed by atoms with van der Waals surface area (Å²) in [6, 6.07) is 16.7. The molecular weight excluding hydrogens is 528 g/mol. The van der Waals surface area contributed by atoms with Gasteiger partial charge in [-0.15, -0.1) is 0 Å². The molecule has 4 atom stereocenters. The Hall–Kier alpha value is -4.90. The molecule has 0 radical (unpaired) electrons. The third kappa shape index (κ3) is 9.66. The molecular formula is C30H34N4O7. The molecule has 11 nitrogen and oxygen atoms in total. The number of hydrogen-bond acceptors (Lipinski definition) is 7. The molecule has 3 aromatic carbocycles. The Kier molecular flexibility index (Phi) is 10.8. The zero-order valence-corrected chi connectivity index (χ0v) is 22.5. The molecule has 0 fully saturated rings. The van der Waals surface area contributed by atoms with Crippen LogP contribution >= 0.6 is 0 Å². The summed E-state index contributed by atoms with van der Waals surface area (Å²) in [4.78, 5) is 51.0. The minimum atomic E-state index is -1.25. The number of carboxylic acids is 1. The van der Waals surface area contributed by atoms with Gasteiger partial charge in [-0.2, -0.15) is 0 Å². The number of nitrogens with one attached hydrogen (secondary N) is 3. The maximum absolute atomic E-state index is 13.6. The first-order valence-electron chi connectivity index (χ1n) is 13.0. The molecule has 0 saturated heterocycles. The van der Waals surface area contributed by atoms with Gasteiger partial charge in [-0.3, -0.25) is 19.2 Å². The van der Waals surface area contributed by atoms with Crippen LogP contribution in [-0.4, -0.2) is 63.2 Å². The third-order valence-corrected chi connectivity index (χ3v) is 6.38. The SMILES string of the molecule is CC(NC(=O)C(Cc1ccc(O)cc1)NC(=O)C(Cc1ccc(O)cc1)NC(=O)C(N)Cc1ccccc1)C(=O)O. The predicted molar refractivity (Wildman–Crippen MR) is 151 cm³/mol. The zero-order valence-electron chi connectivity index (χ0n) is 22.5. The lowest BCUT2D eigenvalue weighted by Crippen LogP contribution is -2.58. The van der Waals surface area contributed by atoms with Crippen LogP contribution in [0.4, 0.5) is 0 Å². The highest BCUT2D eigenvalue weighted by Crippen LogP contribution is 2.14. The van der Waals surface area contributed by atoms with Gasteiger partial charge in [-0.25, -0.2) is 0 Å². The molecule has 3 rings (SSSR count). The van der Waals surface area contributed by atoms with Crippen molar-refractivity contribution in [3.05, 3.63) is 95.6 Å². The van der Waals surface area contributed by atoms with Crippen molar-refractivity contribution in [2.75, 3.05) is 0 Å². The van der Waals surface area contributed by atoms with E-state index < -0.39 is 47.9 Å². The van der Waals surface area contributed by atoms with Crippen LogP contribution in [0.1, 0.15) is 23.6 Å². The average Bonchev–Trinajstić information content (AvgIpc) is 2.94. The van der Waals surface area contributed by atoms with Crippen LogP contribution < -0.4 is 21.7 Å². The van der Waals surface area contributed by atoms with E-state index in [0.717, 1.165) is 5.56 Å². The number of nitrogens with two attached hydrogens (primary N) is 1. The van der Waals surface area contributed by atoms with Crippen LogP contribution in [0.3, 0.4) is 0 Å². The van der Waals surface area contributed by atoms with Crippen LogP contribution in [-0.2, 0) is 38.4 Å². The summed E-state index contributed by atoms with van der Waals surface area (Å²) in [6.07, 6.45) is 0.242. The number of carbonyl (C=O) groups is 4. The minimum Gasteiger partial charge on any atom is -0.508 e. The summed E-state index contributed by atoms with van der Waals surface area (Å²) >= 11 is 0. The molecule has 0 aliphatic heterocycles. The van der Waals surface area contributed by atoms with E-state index in [1.54, 1.807) is 24.3 Å². The molecule has 41 heavy (non-hydrogen) atoms. The van der Waals surface area contributed by atoms with Gasteiger partial charge < -0.3 is 37.0 Å². The normalized spacial score (nSPS) is 13.7. The molecule has 0 saturated carbocycles. The fourth-order valence-electron chi connectivity index (χ4n) is 4.04. The van der Waals surface area contributed by atoms with Crippen molar-refractivity contribution < 1.29 is 34.5 Å². The molecule has 0 bridgehead atoms. The second kappa shape index (κ2) is 14.5. The van der Waals surface area contributed by atoms with Crippen molar-refractivity contribution >= 4 is 23.7 Å². The average molecular weight is 563 g/mol. The Balaban J connectivity index is 1.82. The molecule has 11 heteroatoms. The second-order valence-electron chi connectivity index (χ2n) is 9.73. The quantitative estimate of drug-likeness (QED) is 0.160. The lowest BCUT2D eigenvalue weighted by molar-refractivity contribution is -0.141. The molecule has 3 amide bonds. The van der Waals surface area contributed by atoms with Gasteiger partial charge in [0.15, 0.2) is 0 Å². The van der Waals surface area contributed by atoms with Crippen molar-refractivity contribution in [2.24, 2.45) is 5.73 Å². The van der Waals surface area contributed by atoms with E-state index in [-0.39, 0.29) is 30.8 Å². The number of rotatable bonds is 13. The summed E-state index contributed by atoms with van der Waals surface area (Å²) in [5, 5.41) is 36.1. The van der Waals surface area contributed by atoms with Gasteiger partial charge in [0, 0.05) is 12.8 Å². The summed E-state index contributed by atoms with van der Waals surface area (Å²) in [5.41, 5.74) is 8.20. The molecule has 0 spiro atoms. The standard InChI is InChI=1S/C30H34N4O7/c1-18(30(40)41)32-28(38)25(16-20-7-11-22(35)12-8-20)34-29(39)26(17-21-9-13-23(36)14-10-21)33-27(37)24(31)15-19-5-3-2-4-6-19/h2-14,18,24-26,35-36H,15-17,31H2,1H3,(H,32,38)(H,33,37)(H,34,39)(H,40,41). The summed E-state index contributed by atoms with van der Waals surface area (Å²) < 4.78 is 0. The topological polar surface area (TPSA) is 191 Å². The van der Waals surface area contributed by atoms with Crippen molar-refractivity contribution in [1.82, 2.24) is 16.0 Å². The van der Waals surface area contributed by atoms with Crippen LogP contribution in [0.25, 0.3) is 0 Å². The maximum atomic E-state index is 13.6. The Labute approximate surface area is 237 Å². The van der Waals surface area contributed by atoms with E-state index in [1.807, 2.05) is 30.3 Å². The van der Waals surface area contributed by atoms with Gasteiger partial charge in [0.25, 0.3) is 0 Å². The Morgan fingerprint density at radius 2 is 1.05 bits per heavy atom. The van der Waals surface area contributed by atoms with Gasteiger partial charge in [-0.05, 0) is 54.3 Å². The Morgan fingerprint density at radius 3 is 1.51 bits per heavy atom. The number of phenolic OH excluding ortho intramolecular Hbond substituents is 2. The molecule has 0 aromatic heterocycles. The fourth-order valence-corrected chi connectivity index (χ4v) is 4.04. The highest BCUT2D eigenvalue weighted by atomic mass is 16.4. The highest BCUT2D eigenvalue weighted by molar-refractivity contribution is 5.94. The molecule has 3 aromatic rings. The van der Waals surface area contributed by atoms with Crippen LogP contribution in [0.15, 0.2) is 78.9 Å². The van der Waals surface area contributed by atoms with Gasteiger partial charge in [0.2, 0.25) is 17.7 Å². The predicted octanol–water partition coefficient (Wildman–Crippen LogP) is 1.01. The number of aliphatic carboxylic acids is 1. The van der Waals surface area contributed by atoms with E-state index in [4.69, 9.17) is 5.73 Å². The maximum Gasteiger partial charge on any atom is 0.325 e. The van der Waals surface area contributed by atoms with Gasteiger partial charge >= 0.3 is 5.97 Å². The number of amides is 3. The zero-order chi connectivity index (χ0) is 29.9. The molecule has 0 heterocycles. The second-order valence-corrected chi connectivity index (χ2v) is 9.73. The summed E-state index contributed by atoms with van der Waals surface area (Å²) in [6.45, 7) is 1.29. The highest BCUT2D eigenvalue weighted by Gasteiger charge is 2.30.